The topological polar surface area (TPSA) is 55.0 Å². The molecule has 2 aromatic carbocycles. The molecule has 0 amide bonds. The summed E-state index contributed by atoms with van der Waals surface area (Å²) in [6.45, 7) is 1.70. The number of esters is 1. The van der Waals surface area contributed by atoms with Gasteiger partial charge in [-0.05, 0) is 30.7 Å². The molecule has 0 atom stereocenters. The summed E-state index contributed by atoms with van der Waals surface area (Å²) < 4.78 is 18.4. The minimum Gasteiger partial charge on any atom is -0.465 e. The van der Waals surface area contributed by atoms with Crippen LogP contribution in [0.3, 0.4) is 0 Å². The van der Waals surface area contributed by atoms with Crippen molar-refractivity contribution in [2.45, 2.75) is 6.92 Å². The lowest BCUT2D eigenvalue weighted by molar-refractivity contribution is 0.0603. The molecule has 1 N–H and O–H groups in total. The standard InChI is InChI=1S/C16H13FN2O2/c1-9-6-7-10(8-12(9)17)15-18-13-5-3-4-11(14(13)19-15)16(20)21-2/h3-8H,1-2H3,(H,18,19). The van der Waals surface area contributed by atoms with Crippen LogP contribution < -0.4 is 0 Å². The van der Waals surface area contributed by atoms with Crippen molar-refractivity contribution in [3.05, 3.63) is 53.3 Å². The van der Waals surface area contributed by atoms with Gasteiger partial charge < -0.3 is 9.72 Å². The van der Waals surface area contributed by atoms with Crippen molar-refractivity contribution in [3.8, 4) is 11.4 Å². The molecule has 21 heavy (non-hydrogen) atoms. The number of ether oxygens (including phenoxy) is 1. The fourth-order valence-corrected chi connectivity index (χ4v) is 2.18. The van der Waals surface area contributed by atoms with E-state index in [1.165, 1.54) is 13.2 Å². The Kier molecular flexibility index (Phi) is 3.17. The van der Waals surface area contributed by atoms with Crippen LogP contribution in [-0.4, -0.2) is 23.0 Å². The summed E-state index contributed by atoms with van der Waals surface area (Å²) in [7, 11) is 1.32. The maximum absolute atomic E-state index is 13.7. The van der Waals surface area contributed by atoms with Crippen LogP contribution >= 0.6 is 0 Å². The number of carbonyl (C=O) groups is 1. The van der Waals surface area contributed by atoms with Crippen molar-refractivity contribution in [1.29, 1.82) is 0 Å². The smallest absolute Gasteiger partial charge is 0.340 e. The third kappa shape index (κ3) is 2.27. The molecule has 0 aliphatic heterocycles. The molecule has 0 saturated carbocycles. The molecule has 106 valence electrons. The summed E-state index contributed by atoms with van der Waals surface area (Å²) in [6, 6.07) is 10.1. The number of nitrogens with zero attached hydrogens (tertiary/aromatic N) is 1. The van der Waals surface area contributed by atoms with Crippen molar-refractivity contribution in [2.75, 3.05) is 7.11 Å². The zero-order valence-electron chi connectivity index (χ0n) is 11.6. The van der Waals surface area contributed by atoms with Crippen molar-refractivity contribution in [1.82, 2.24) is 9.97 Å². The molecule has 3 rings (SSSR count). The number of para-hydroxylation sites is 1. The van der Waals surface area contributed by atoms with E-state index < -0.39 is 5.97 Å². The molecule has 4 nitrogen and oxygen atoms in total. The van der Waals surface area contributed by atoms with E-state index in [2.05, 4.69) is 9.97 Å². The number of hydrogen-bond acceptors (Lipinski definition) is 3. The van der Waals surface area contributed by atoms with E-state index in [9.17, 15) is 9.18 Å². The molecule has 3 aromatic rings. The van der Waals surface area contributed by atoms with Gasteiger partial charge >= 0.3 is 5.97 Å². The molecule has 0 spiro atoms. The summed E-state index contributed by atoms with van der Waals surface area (Å²) in [5.41, 5.74) is 2.80. The third-order valence-corrected chi connectivity index (χ3v) is 3.36. The average molecular weight is 284 g/mol. The Morgan fingerprint density at radius 1 is 1.29 bits per heavy atom. The number of rotatable bonds is 2. The van der Waals surface area contributed by atoms with Crippen molar-refractivity contribution >= 4 is 17.0 Å². The first-order valence-corrected chi connectivity index (χ1v) is 6.43. The van der Waals surface area contributed by atoms with Gasteiger partial charge in [0.1, 0.15) is 17.2 Å². The first-order valence-electron chi connectivity index (χ1n) is 6.43. The van der Waals surface area contributed by atoms with Gasteiger partial charge in [-0.1, -0.05) is 18.2 Å². The van der Waals surface area contributed by atoms with Crippen LogP contribution in [0.4, 0.5) is 4.39 Å². The Morgan fingerprint density at radius 3 is 2.81 bits per heavy atom. The van der Waals surface area contributed by atoms with E-state index in [1.54, 1.807) is 31.2 Å². The highest BCUT2D eigenvalue weighted by Crippen LogP contribution is 2.24. The van der Waals surface area contributed by atoms with Crippen LogP contribution in [0.2, 0.25) is 0 Å². The highest BCUT2D eigenvalue weighted by atomic mass is 19.1. The molecule has 0 unspecified atom stereocenters. The summed E-state index contributed by atoms with van der Waals surface area (Å²) in [5, 5.41) is 0. The van der Waals surface area contributed by atoms with Gasteiger partial charge in [-0.25, -0.2) is 14.2 Å². The first-order chi connectivity index (χ1) is 10.1. The van der Waals surface area contributed by atoms with Crippen molar-refractivity contribution in [2.24, 2.45) is 0 Å². The second-order valence-corrected chi connectivity index (χ2v) is 4.74. The van der Waals surface area contributed by atoms with E-state index in [0.29, 0.717) is 33.5 Å². The lowest BCUT2D eigenvalue weighted by Crippen LogP contribution is -2.01. The minimum atomic E-state index is -0.450. The highest BCUT2D eigenvalue weighted by Gasteiger charge is 2.15. The maximum Gasteiger partial charge on any atom is 0.340 e. The number of halogens is 1. The number of nitrogens with one attached hydrogen (secondary N) is 1. The quantitative estimate of drug-likeness (QED) is 0.733. The zero-order chi connectivity index (χ0) is 15.0. The highest BCUT2D eigenvalue weighted by molar-refractivity contribution is 6.02. The van der Waals surface area contributed by atoms with E-state index in [-0.39, 0.29) is 5.82 Å². The van der Waals surface area contributed by atoms with Gasteiger partial charge in [0.2, 0.25) is 0 Å². The number of aryl methyl sites for hydroxylation is 1. The molecule has 0 radical (unpaired) electrons. The van der Waals surface area contributed by atoms with Crippen LogP contribution in [0.15, 0.2) is 36.4 Å². The van der Waals surface area contributed by atoms with Crippen LogP contribution in [0.1, 0.15) is 15.9 Å². The Bertz CT molecular complexity index is 839. The predicted octanol–water partition coefficient (Wildman–Crippen LogP) is 3.46. The first kappa shape index (κ1) is 13.3. The van der Waals surface area contributed by atoms with Crippen molar-refractivity contribution in [3.63, 3.8) is 0 Å². The Balaban J connectivity index is 2.17. The third-order valence-electron chi connectivity index (χ3n) is 3.36. The minimum absolute atomic E-state index is 0.291. The average Bonchev–Trinajstić information content (AvgIpc) is 2.93. The number of benzene rings is 2. The Morgan fingerprint density at radius 2 is 2.10 bits per heavy atom. The largest absolute Gasteiger partial charge is 0.465 e. The van der Waals surface area contributed by atoms with Gasteiger partial charge in [0, 0.05) is 5.56 Å². The van der Waals surface area contributed by atoms with E-state index in [0.717, 1.165) is 0 Å². The summed E-state index contributed by atoms with van der Waals surface area (Å²) in [6.07, 6.45) is 0. The Labute approximate surface area is 120 Å². The van der Waals surface area contributed by atoms with E-state index in [4.69, 9.17) is 4.74 Å². The van der Waals surface area contributed by atoms with Crippen LogP contribution in [-0.2, 0) is 4.74 Å². The molecule has 0 fully saturated rings. The van der Waals surface area contributed by atoms with Gasteiger partial charge in [-0.3, -0.25) is 0 Å². The van der Waals surface area contributed by atoms with Crippen molar-refractivity contribution < 1.29 is 13.9 Å². The second-order valence-electron chi connectivity index (χ2n) is 4.74. The number of methoxy groups -OCH3 is 1. The molecule has 5 heteroatoms. The lowest BCUT2D eigenvalue weighted by Gasteiger charge is -1.99. The zero-order valence-corrected chi connectivity index (χ0v) is 11.6. The van der Waals surface area contributed by atoms with Crippen LogP contribution in [0.5, 0.6) is 0 Å². The SMILES string of the molecule is COC(=O)c1cccc2[nH]c(-c3ccc(C)c(F)c3)nc12. The lowest BCUT2D eigenvalue weighted by atomic mass is 10.1. The Hall–Kier alpha value is -2.69. The van der Waals surface area contributed by atoms with Gasteiger partial charge in [0.25, 0.3) is 0 Å². The number of aromatic amines is 1. The molecule has 0 saturated heterocycles. The van der Waals surface area contributed by atoms with Gasteiger partial charge in [0.15, 0.2) is 0 Å². The predicted molar refractivity (Wildman–Crippen MR) is 77.6 cm³/mol. The molecular formula is C16H13FN2O2. The summed E-state index contributed by atoms with van der Waals surface area (Å²) in [5.74, 6) is -0.227. The number of fused-ring (bicyclic) bond motifs is 1. The van der Waals surface area contributed by atoms with Gasteiger partial charge in [-0.15, -0.1) is 0 Å². The van der Waals surface area contributed by atoms with Gasteiger partial charge in [-0.2, -0.15) is 0 Å². The van der Waals surface area contributed by atoms with Crippen LogP contribution in [0.25, 0.3) is 22.4 Å². The van der Waals surface area contributed by atoms with E-state index in [1.807, 2.05) is 6.07 Å². The molecule has 0 aliphatic carbocycles. The second kappa shape index (κ2) is 5.01. The molecule has 1 heterocycles. The van der Waals surface area contributed by atoms with Gasteiger partial charge in [0.05, 0.1) is 18.2 Å². The number of H-pyrrole nitrogens is 1. The maximum atomic E-state index is 13.7. The molecule has 1 aromatic heterocycles. The molecule has 0 bridgehead atoms. The molecular weight excluding hydrogens is 271 g/mol. The number of hydrogen-bond donors (Lipinski definition) is 1. The summed E-state index contributed by atoms with van der Waals surface area (Å²) in [4.78, 5) is 19.2. The van der Waals surface area contributed by atoms with E-state index >= 15 is 0 Å². The number of aromatic nitrogens is 2. The number of imidazole rings is 1. The fraction of sp³-hybridized carbons (Fsp3) is 0.125. The number of carbonyl (C=O) groups excluding carboxylic acids is 1. The monoisotopic (exact) mass is 284 g/mol. The fourth-order valence-electron chi connectivity index (χ4n) is 2.18. The summed E-state index contributed by atoms with van der Waals surface area (Å²) >= 11 is 0. The normalized spacial score (nSPS) is 10.8. The molecule has 0 aliphatic rings. The van der Waals surface area contributed by atoms with Crippen LogP contribution in [0, 0.1) is 12.7 Å².